The fraction of sp³-hybridized carbons (Fsp3) is 0.412. The fourth-order valence-corrected chi connectivity index (χ4v) is 2.91. The number of piperazine rings is 1. The number of fused-ring (bicyclic) bond motifs is 1. The number of carbonyl (C=O) groups excluding carboxylic acids is 2. The number of anilines is 1. The molecule has 0 aliphatic carbocycles. The minimum atomic E-state index is -0.389. The smallest absolute Gasteiger partial charge is 0.341 e. The van der Waals surface area contributed by atoms with E-state index >= 15 is 0 Å². The summed E-state index contributed by atoms with van der Waals surface area (Å²) in [7, 11) is 0. The molecular formula is C17H20N4O3. The molecule has 0 atom stereocenters. The minimum absolute atomic E-state index is 0.307. The Morgan fingerprint density at radius 1 is 1.29 bits per heavy atom. The highest BCUT2D eigenvalue weighted by Crippen LogP contribution is 2.30. The zero-order valence-electron chi connectivity index (χ0n) is 13.9. The number of nitrogens with zero attached hydrogens (tertiary/aromatic N) is 4. The molecule has 2 aromatic rings. The number of rotatable bonds is 4. The number of carbonyl (C=O) groups is 2. The van der Waals surface area contributed by atoms with Gasteiger partial charge in [-0.15, -0.1) is 0 Å². The van der Waals surface area contributed by atoms with Crippen LogP contribution >= 0.6 is 0 Å². The number of aryl methyl sites for hydroxylation is 1. The molecule has 0 saturated carbocycles. The predicted octanol–water partition coefficient (Wildman–Crippen LogP) is 1.39. The molecule has 24 heavy (non-hydrogen) atoms. The second kappa shape index (κ2) is 6.82. The van der Waals surface area contributed by atoms with Gasteiger partial charge in [0.15, 0.2) is 5.65 Å². The van der Waals surface area contributed by atoms with Gasteiger partial charge in [-0.3, -0.25) is 4.79 Å². The molecule has 0 spiro atoms. The first-order valence-electron chi connectivity index (χ1n) is 8.01. The van der Waals surface area contributed by atoms with Crippen molar-refractivity contribution < 1.29 is 14.3 Å². The van der Waals surface area contributed by atoms with Gasteiger partial charge in [0.05, 0.1) is 12.3 Å². The molecule has 1 amide bonds. The summed E-state index contributed by atoms with van der Waals surface area (Å²) in [5, 5.41) is 0.825. The van der Waals surface area contributed by atoms with Gasteiger partial charge >= 0.3 is 5.97 Å². The van der Waals surface area contributed by atoms with E-state index in [-0.39, 0.29) is 5.97 Å². The van der Waals surface area contributed by atoms with Crippen molar-refractivity contribution in [2.75, 3.05) is 37.7 Å². The van der Waals surface area contributed by atoms with Gasteiger partial charge in [0.25, 0.3) is 0 Å². The molecule has 1 aliphatic rings. The van der Waals surface area contributed by atoms with Gasteiger partial charge in [-0.05, 0) is 26.0 Å². The first-order chi connectivity index (χ1) is 11.6. The lowest BCUT2D eigenvalue weighted by molar-refractivity contribution is -0.118. The lowest BCUT2D eigenvalue weighted by Gasteiger charge is -2.35. The first kappa shape index (κ1) is 16.2. The van der Waals surface area contributed by atoms with Crippen molar-refractivity contribution in [3.8, 4) is 0 Å². The highest BCUT2D eigenvalue weighted by molar-refractivity contribution is 6.04. The number of pyridine rings is 2. The maximum Gasteiger partial charge on any atom is 0.341 e. The molecule has 0 N–H and O–H groups in total. The molecule has 7 nitrogen and oxygen atoms in total. The van der Waals surface area contributed by atoms with Gasteiger partial charge in [-0.2, -0.15) is 0 Å². The molecule has 1 saturated heterocycles. The van der Waals surface area contributed by atoms with Gasteiger partial charge < -0.3 is 14.5 Å². The van der Waals surface area contributed by atoms with Crippen LogP contribution in [0, 0.1) is 6.92 Å². The highest BCUT2D eigenvalue weighted by atomic mass is 16.5. The Hall–Kier alpha value is -2.70. The van der Waals surface area contributed by atoms with E-state index in [0.717, 1.165) is 23.2 Å². The Morgan fingerprint density at radius 2 is 2.04 bits per heavy atom. The van der Waals surface area contributed by atoms with Crippen molar-refractivity contribution in [1.29, 1.82) is 0 Å². The number of aromatic nitrogens is 2. The molecule has 0 radical (unpaired) electrons. The Kier molecular flexibility index (Phi) is 4.59. The largest absolute Gasteiger partial charge is 0.462 e. The van der Waals surface area contributed by atoms with Gasteiger partial charge in [0, 0.05) is 43.5 Å². The van der Waals surface area contributed by atoms with Crippen LogP contribution in [0.25, 0.3) is 11.0 Å². The topological polar surface area (TPSA) is 75.6 Å². The molecule has 2 aromatic heterocycles. The number of amides is 1. The molecular weight excluding hydrogens is 308 g/mol. The van der Waals surface area contributed by atoms with Crippen LogP contribution in [0.15, 0.2) is 18.3 Å². The molecule has 7 heteroatoms. The summed E-state index contributed by atoms with van der Waals surface area (Å²) in [6.45, 7) is 6.53. The van der Waals surface area contributed by atoms with Crippen LogP contribution in [0.1, 0.15) is 23.0 Å². The van der Waals surface area contributed by atoms with E-state index in [9.17, 15) is 9.59 Å². The van der Waals surface area contributed by atoms with E-state index < -0.39 is 0 Å². The third kappa shape index (κ3) is 3.02. The fourth-order valence-electron chi connectivity index (χ4n) is 2.91. The lowest BCUT2D eigenvalue weighted by Crippen LogP contribution is -2.46. The number of hydrogen-bond acceptors (Lipinski definition) is 6. The summed E-state index contributed by atoms with van der Waals surface area (Å²) >= 11 is 0. The Balaban J connectivity index is 2.08. The minimum Gasteiger partial charge on any atom is -0.462 e. The van der Waals surface area contributed by atoms with Crippen LogP contribution in [0.2, 0.25) is 0 Å². The second-order valence-electron chi connectivity index (χ2n) is 5.69. The summed E-state index contributed by atoms with van der Waals surface area (Å²) in [5.41, 5.74) is 2.71. The van der Waals surface area contributed by atoms with Crippen LogP contribution in [-0.4, -0.2) is 60.0 Å². The van der Waals surface area contributed by atoms with Crippen molar-refractivity contribution >= 4 is 29.1 Å². The van der Waals surface area contributed by atoms with Crippen molar-refractivity contribution in [3.05, 3.63) is 29.6 Å². The van der Waals surface area contributed by atoms with E-state index in [0.29, 0.717) is 44.0 Å². The normalized spacial score (nSPS) is 14.8. The van der Waals surface area contributed by atoms with Crippen LogP contribution in [0.3, 0.4) is 0 Å². The van der Waals surface area contributed by atoms with E-state index in [1.165, 1.54) is 6.20 Å². The van der Waals surface area contributed by atoms with Crippen LogP contribution in [-0.2, 0) is 9.53 Å². The lowest BCUT2D eigenvalue weighted by atomic mass is 10.1. The average molecular weight is 328 g/mol. The molecule has 3 rings (SSSR count). The highest BCUT2D eigenvalue weighted by Gasteiger charge is 2.24. The zero-order valence-corrected chi connectivity index (χ0v) is 13.9. The van der Waals surface area contributed by atoms with Gasteiger partial charge in [-0.25, -0.2) is 14.8 Å². The molecule has 0 aromatic carbocycles. The van der Waals surface area contributed by atoms with E-state index in [2.05, 4.69) is 14.9 Å². The van der Waals surface area contributed by atoms with Gasteiger partial charge in [-0.1, -0.05) is 0 Å². The Bertz CT molecular complexity index is 770. The Labute approximate surface area is 140 Å². The maximum absolute atomic E-state index is 12.4. The molecule has 126 valence electrons. The summed E-state index contributed by atoms with van der Waals surface area (Å²) in [6, 6.07) is 3.85. The van der Waals surface area contributed by atoms with Crippen molar-refractivity contribution in [2.24, 2.45) is 0 Å². The van der Waals surface area contributed by atoms with E-state index in [1.54, 1.807) is 11.8 Å². The number of esters is 1. The first-order valence-corrected chi connectivity index (χ1v) is 8.01. The predicted molar refractivity (Wildman–Crippen MR) is 90.1 cm³/mol. The third-order valence-electron chi connectivity index (χ3n) is 4.12. The van der Waals surface area contributed by atoms with Gasteiger partial charge in [0.2, 0.25) is 6.41 Å². The third-order valence-corrected chi connectivity index (χ3v) is 4.12. The van der Waals surface area contributed by atoms with E-state index in [1.807, 2.05) is 19.1 Å². The van der Waals surface area contributed by atoms with Crippen LogP contribution < -0.4 is 4.90 Å². The average Bonchev–Trinajstić information content (AvgIpc) is 2.61. The Morgan fingerprint density at radius 3 is 2.71 bits per heavy atom. The number of ether oxygens (including phenoxy) is 1. The zero-order chi connectivity index (χ0) is 17.1. The van der Waals surface area contributed by atoms with Crippen molar-refractivity contribution in [1.82, 2.24) is 14.9 Å². The number of hydrogen-bond donors (Lipinski definition) is 0. The molecule has 1 fully saturated rings. The van der Waals surface area contributed by atoms with Crippen molar-refractivity contribution in [3.63, 3.8) is 0 Å². The van der Waals surface area contributed by atoms with Crippen LogP contribution in [0.5, 0.6) is 0 Å². The summed E-state index contributed by atoms with van der Waals surface area (Å²) < 4.78 is 5.18. The molecule has 1 aliphatic heterocycles. The summed E-state index contributed by atoms with van der Waals surface area (Å²) in [6.07, 6.45) is 2.40. The van der Waals surface area contributed by atoms with Crippen molar-refractivity contribution in [2.45, 2.75) is 13.8 Å². The standard InChI is InChI=1S/C17H20N4O3/c1-3-24-17(23)14-10-18-16-13(5-4-12(2)19-16)15(14)21-8-6-20(11-22)7-9-21/h4-5,10-11H,3,6-9H2,1-2H3. The van der Waals surface area contributed by atoms with Gasteiger partial charge in [0.1, 0.15) is 5.56 Å². The molecule has 3 heterocycles. The summed E-state index contributed by atoms with van der Waals surface area (Å²) in [5.74, 6) is -0.389. The van der Waals surface area contributed by atoms with E-state index in [4.69, 9.17) is 4.74 Å². The SMILES string of the molecule is CCOC(=O)c1cnc2nc(C)ccc2c1N1CCN(C=O)CC1. The molecule has 0 unspecified atom stereocenters. The quantitative estimate of drug-likeness (QED) is 0.624. The van der Waals surface area contributed by atoms with Crippen LogP contribution in [0.4, 0.5) is 5.69 Å². The monoisotopic (exact) mass is 328 g/mol. The maximum atomic E-state index is 12.4. The molecule has 0 bridgehead atoms. The second-order valence-corrected chi connectivity index (χ2v) is 5.69. The summed E-state index contributed by atoms with van der Waals surface area (Å²) in [4.78, 5) is 35.9.